The molecule has 2 aromatic heterocycles. The Bertz CT molecular complexity index is 1320. The molecule has 1 unspecified atom stereocenters. The molecule has 5 rings (SSSR count). The fraction of sp³-hybridized carbons (Fsp3) is 0.269. The molecule has 4 aromatic rings. The lowest BCUT2D eigenvalue weighted by molar-refractivity contribution is 0.0939. The Morgan fingerprint density at radius 2 is 1.74 bits per heavy atom. The average Bonchev–Trinajstić information content (AvgIpc) is 3.55. The first-order valence-electron chi connectivity index (χ1n) is 11.6. The normalized spacial score (nSPS) is 15.2. The number of benzene rings is 2. The molecule has 0 radical (unpaired) electrons. The van der Waals surface area contributed by atoms with Crippen LogP contribution < -0.4 is 15.5 Å². The van der Waals surface area contributed by atoms with Gasteiger partial charge >= 0.3 is 0 Å². The van der Waals surface area contributed by atoms with E-state index in [4.69, 9.17) is 0 Å². The second-order valence-corrected chi connectivity index (χ2v) is 9.66. The summed E-state index contributed by atoms with van der Waals surface area (Å²) in [6, 6.07) is 14.8. The molecule has 1 aliphatic heterocycles. The highest BCUT2D eigenvalue weighted by atomic mass is 32.1. The van der Waals surface area contributed by atoms with Crippen molar-refractivity contribution in [3.63, 3.8) is 0 Å². The number of carbonyl (C=O) groups is 2. The molecule has 8 nitrogen and oxygen atoms in total. The van der Waals surface area contributed by atoms with Gasteiger partial charge in [0.1, 0.15) is 0 Å². The number of aromatic amines is 1. The number of thiophene rings is 1. The predicted octanol–water partition coefficient (Wildman–Crippen LogP) is 4.12. The van der Waals surface area contributed by atoms with E-state index >= 15 is 0 Å². The summed E-state index contributed by atoms with van der Waals surface area (Å²) in [7, 11) is 2.13. The number of anilines is 2. The van der Waals surface area contributed by atoms with Gasteiger partial charge in [-0.1, -0.05) is 0 Å². The third-order valence-corrected chi connectivity index (χ3v) is 7.15. The summed E-state index contributed by atoms with van der Waals surface area (Å²) in [5.41, 5.74) is 3.99. The Labute approximate surface area is 207 Å². The molecular formula is C26H28N6O2S. The van der Waals surface area contributed by atoms with E-state index in [1.54, 1.807) is 29.5 Å². The minimum absolute atomic E-state index is 0.0956. The summed E-state index contributed by atoms with van der Waals surface area (Å²) in [4.78, 5) is 30.4. The van der Waals surface area contributed by atoms with E-state index in [0.717, 1.165) is 42.9 Å². The van der Waals surface area contributed by atoms with Gasteiger partial charge in [-0.2, -0.15) is 16.4 Å². The summed E-state index contributed by atoms with van der Waals surface area (Å²) >= 11 is 1.60. The molecule has 35 heavy (non-hydrogen) atoms. The molecule has 2 aromatic carbocycles. The zero-order chi connectivity index (χ0) is 24.4. The Morgan fingerprint density at radius 1 is 1.00 bits per heavy atom. The zero-order valence-electron chi connectivity index (χ0n) is 19.7. The number of hydrogen-bond donors (Lipinski definition) is 3. The number of H-pyrrole nitrogens is 1. The molecular weight excluding hydrogens is 460 g/mol. The van der Waals surface area contributed by atoms with E-state index < -0.39 is 0 Å². The highest BCUT2D eigenvalue weighted by molar-refractivity contribution is 7.08. The summed E-state index contributed by atoms with van der Waals surface area (Å²) in [5, 5.41) is 17.8. The maximum atomic E-state index is 12.9. The van der Waals surface area contributed by atoms with E-state index in [-0.39, 0.29) is 17.9 Å². The molecule has 3 heterocycles. The number of hydrogen-bond acceptors (Lipinski definition) is 6. The lowest BCUT2D eigenvalue weighted by Gasteiger charge is -2.34. The van der Waals surface area contributed by atoms with Gasteiger partial charge in [-0.15, -0.1) is 0 Å². The highest BCUT2D eigenvalue weighted by Crippen LogP contribution is 2.24. The SMILES string of the molecule is CC(NC(=O)c1ccc2[nH]nc(NC(=O)c3ccc(N4CCN(C)CC4)cc3)c2c1)c1ccsc1. The zero-order valence-corrected chi connectivity index (χ0v) is 20.6. The van der Waals surface area contributed by atoms with Gasteiger partial charge in [0.25, 0.3) is 11.8 Å². The third-order valence-electron chi connectivity index (χ3n) is 6.45. The monoisotopic (exact) mass is 488 g/mol. The molecule has 1 atom stereocenters. The van der Waals surface area contributed by atoms with Crippen molar-refractivity contribution in [1.29, 1.82) is 0 Å². The van der Waals surface area contributed by atoms with Crippen LogP contribution in [0.5, 0.6) is 0 Å². The molecule has 2 amide bonds. The van der Waals surface area contributed by atoms with Crippen LogP contribution >= 0.6 is 11.3 Å². The van der Waals surface area contributed by atoms with Gasteiger partial charge in [0.05, 0.1) is 11.6 Å². The third kappa shape index (κ3) is 5.06. The minimum Gasteiger partial charge on any atom is -0.369 e. The highest BCUT2D eigenvalue weighted by Gasteiger charge is 2.17. The molecule has 0 saturated carbocycles. The van der Waals surface area contributed by atoms with Gasteiger partial charge < -0.3 is 20.4 Å². The van der Waals surface area contributed by atoms with Crippen molar-refractivity contribution >= 4 is 45.6 Å². The number of fused-ring (bicyclic) bond motifs is 1. The van der Waals surface area contributed by atoms with Crippen molar-refractivity contribution in [2.45, 2.75) is 13.0 Å². The molecule has 1 fully saturated rings. The average molecular weight is 489 g/mol. The number of nitrogens with zero attached hydrogens (tertiary/aromatic N) is 3. The lowest BCUT2D eigenvalue weighted by Crippen LogP contribution is -2.44. The Morgan fingerprint density at radius 3 is 2.46 bits per heavy atom. The van der Waals surface area contributed by atoms with Gasteiger partial charge in [-0.25, -0.2) is 0 Å². The molecule has 0 aliphatic carbocycles. The molecule has 9 heteroatoms. The molecule has 0 bridgehead atoms. The van der Waals surface area contributed by atoms with Crippen molar-refractivity contribution in [3.05, 3.63) is 76.0 Å². The van der Waals surface area contributed by atoms with Crippen LogP contribution in [0.25, 0.3) is 10.9 Å². The van der Waals surface area contributed by atoms with Crippen LogP contribution in [0, 0.1) is 0 Å². The van der Waals surface area contributed by atoms with E-state index in [2.05, 4.69) is 37.7 Å². The standard InChI is InChI=1S/C26H28N6O2S/c1-17(20-9-14-35-16-20)27-26(34)19-5-8-23-22(15-19)24(30-29-23)28-25(33)18-3-6-21(7-4-18)32-12-10-31(2)11-13-32/h3-9,14-17H,10-13H2,1-2H3,(H,27,34)(H2,28,29,30,33). The quantitative estimate of drug-likeness (QED) is 0.380. The molecule has 1 saturated heterocycles. The maximum absolute atomic E-state index is 12.9. The molecule has 3 N–H and O–H groups in total. The van der Waals surface area contributed by atoms with E-state index in [1.165, 1.54) is 0 Å². The van der Waals surface area contributed by atoms with Crippen molar-refractivity contribution in [1.82, 2.24) is 20.4 Å². The van der Waals surface area contributed by atoms with Gasteiger partial charge in [-0.05, 0) is 78.8 Å². The largest absolute Gasteiger partial charge is 0.369 e. The first-order valence-corrected chi connectivity index (χ1v) is 12.6. The first kappa shape index (κ1) is 23.1. The lowest BCUT2D eigenvalue weighted by atomic mass is 10.1. The Hall–Kier alpha value is -3.69. The fourth-order valence-electron chi connectivity index (χ4n) is 4.20. The van der Waals surface area contributed by atoms with Crippen molar-refractivity contribution in [2.75, 3.05) is 43.4 Å². The topological polar surface area (TPSA) is 93.4 Å². The Balaban J connectivity index is 1.28. The summed E-state index contributed by atoms with van der Waals surface area (Å²) < 4.78 is 0. The fourth-order valence-corrected chi connectivity index (χ4v) is 4.96. The van der Waals surface area contributed by atoms with Gasteiger partial charge in [0.15, 0.2) is 5.82 Å². The van der Waals surface area contributed by atoms with Crippen LogP contribution in [0.2, 0.25) is 0 Å². The number of aromatic nitrogens is 2. The van der Waals surface area contributed by atoms with Crippen molar-refractivity contribution < 1.29 is 9.59 Å². The second-order valence-electron chi connectivity index (χ2n) is 8.88. The van der Waals surface area contributed by atoms with Crippen LogP contribution in [0.3, 0.4) is 0 Å². The van der Waals surface area contributed by atoms with E-state index in [9.17, 15) is 9.59 Å². The smallest absolute Gasteiger partial charge is 0.256 e. The van der Waals surface area contributed by atoms with E-state index in [1.807, 2.05) is 48.0 Å². The molecule has 0 spiro atoms. The van der Waals surface area contributed by atoms with Crippen LogP contribution in [-0.2, 0) is 0 Å². The first-order chi connectivity index (χ1) is 17.0. The molecule has 180 valence electrons. The van der Waals surface area contributed by atoms with Crippen LogP contribution in [0.1, 0.15) is 39.2 Å². The van der Waals surface area contributed by atoms with Crippen molar-refractivity contribution in [2.24, 2.45) is 0 Å². The van der Waals surface area contributed by atoms with Gasteiger partial charge in [-0.3, -0.25) is 14.7 Å². The number of likely N-dealkylation sites (N-methyl/N-ethyl adjacent to an activating group) is 1. The van der Waals surface area contributed by atoms with E-state index in [0.29, 0.717) is 22.3 Å². The number of amides is 2. The predicted molar refractivity (Wildman–Crippen MR) is 140 cm³/mol. The van der Waals surface area contributed by atoms with Crippen molar-refractivity contribution in [3.8, 4) is 0 Å². The molecule has 1 aliphatic rings. The maximum Gasteiger partial charge on any atom is 0.256 e. The summed E-state index contributed by atoms with van der Waals surface area (Å²) in [5.74, 6) is -0.0264. The summed E-state index contributed by atoms with van der Waals surface area (Å²) in [6.07, 6.45) is 0. The Kier molecular flexibility index (Phi) is 6.52. The summed E-state index contributed by atoms with van der Waals surface area (Å²) in [6.45, 7) is 5.96. The minimum atomic E-state index is -0.246. The van der Waals surface area contributed by atoms with Gasteiger partial charge in [0.2, 0.25) is 0 Å². The number of nitrogens with one attached hydrogen (secondary N) is 3. The number of piperazine rings is 1. The van der Waals surface area contributed by atoms with Gasteiger partial charge in [0, 0.05) is 48.4 Å². The number of rotatable bonds is 6. The second kappa shape index (κ2) is 9.89. The van der Waals surface area contributed by atoms with Crippen LogP contribution in [0.4, 0.5) is 11.5 Å². The van der Waals surface area contributed by atoms with Crippen LogP contribution in [0.15, 0.2) is 59.3 Å². The van der Waals surface area contributed by atoms with Crippen LogP contribution in [-0.4, -0.2) is 60.1 Å². The number of carbonyl (C=O) groups excluding carboxylic acids is 2.